The normalized spacial score (nSPS) is 18.6. The molecular formula is C8H12ClNO. The summed E-state index contributed by atoms with van der Waals surface area (Å²) in [5.74, 6) is 0.145. The van der Waals surface area contributed by atoms with Crippen LogP contribution in [0.15, 0.2) is 12.2 Å². The predicted molar refractivity (Wildman–Crippen MR) is 45.7 cm³/mol. The Morgan fingerprint density at radius 1 is 1.55 bits per heavy atom. The molecule has 0 atom stereocenters. The second-order valence-corrected chi connectivity index (χ2v) is 3.03. The number of likely N-dealkylation sites (tertiary alicyclic amines) is 1. The number of carbonyl (C=O) groups is 1. The quantitative estimate of drug-likeness (QED) is 0.434. The lowest BCUT2D eigenvalue weighted by Gasteiger charge is -2.27. The lowest BCUT2D eigenvalue weighted by Crippen LogP contribution is -2.36. The lowest BCUT2D eigenvalue weighted by molar-refractivity contribution is -0.128. The van der Waals surface area contributed by atoms with E-state index in [0.29, 0.717) is 0 Å². The highest BCUT2D eigenvalue weighted by molar-refractivity contribution is 6.27. The number of carbonyl (C=O) groups excluding carboxylic acids is 1. The summed E-state index contributed by atoms with van der Waals surface area (Å²) in [7, 11) is 0. The molecule has 1 saturated heterocycles. The van der Waals surface area contributed by atoms with Gasteiger partial charge in [0.2, 0.25) is 5.91 Å². The van der Waals surface area contributed by atoms with Crippen LogP contribution < -0.4 is 0 Å². The first-order valence-electron chi connectivity index (χ1n) is 3.74. The van der Waals surface area contributed by atoms with Gasteiger partial charge < -0.3 is 4.90 Å². The van der Waals surface area contributed by atoms with Gasteiger partial charge in [0.1, 0.15) is 5.88 Å². The van der Waals surface area contributed by atoms with E-state index in [0.717, 1.165) is 25.9 Å². The van der Waals surface area contributed by atoms with Crippen molar-refractivity contribution in [2.45, 2.75) is 12.8 Å². The van der Waals surface area contributed by atoms with E-state index >= 15 is 0 Å². The minimum Gasteiger partial charge on any atom is -0.341 e. The van der Waals surface area contributed by atoms with Gasteiger partial charge in [-0.3, -0.25) is 4.79 Å². The van der Waals surface area contributed by atoms with Crippen molar-refractivity contribution in [3.8, 4) is 0 Å². The maximum absolute atomic E-state index is 11.0. The average Bonchev–Trinajstić information content (AvgIpc) is 2.05. The fourth-order valence-electron chi connectivity index (χ4n) is 1.16. The Hall–Kier alpha value is -0.500. The van der Waals surface area contributed by atoms with Crippen molar-refractivity contribution in [3.05, 3.63) is 12.2 Å². The van der Waals surface area contributed by atoms with Crippen LogP contribution in [0.25, 0.3) is 0 Å². The third-order valence-electron chi connectivity index (χ3n) is 1.94. The number of hydrogen-bond donors (Lipinski definition) is 0. The molecule has 1 rings (SSSR count). The molecule has 1 aliphatic heterocycles. The largest absolute Gasteiger partial charge is 0.341 e. The summed E-state index contributed by atoms with van der Waals surface area (Å²) in [6.45, 7) is 5.45. The molecule has 1 heterocycles. The number of rotatable bonds is 1. The van der Waals surface area contributed by atoms with Crippen molar-refractivity contribution in [1.29, 1.82) is 0 Å². The number of nitrogens with zero attached hydrogens (tertiary/aromatic N) is 1. The van der Waals surface area contributed by atoms with E-state index in [4.69, 9.17) is 11.6 Å². The zero-order chi connectivity index (χ0) is 8.27. The van der Waals surface area contributed by atoms with E-state index in [9.17, 15) is 4.79 Å². The van der Waals surface area contributed by atoms with Crippen LogP contribution in [0.5, 0.6) is 0 Å². The summed E-state index contributed by atoms with van der Waals surface area (Å²) in [6.07, 6.45) is 1.87. The third kappa shape index (κ3) is 2.22. The first-order valence-corrected chi connectivity index (χ1v) is 4.28. The van der Waals surface area contributed by atoms with Gasteiger partial charge in [-0.2, -0.15) is 0 Å². The van der Waals surface area contributed by atoms with Crippen LogP contribution in [-0.2, 0) is 4.79 Å². The summed E-state index contributed by atoms with van der Waals surface area (Å²) in [5.41, 5.74) is 1.24. The first-order chi connectivity index (χ1) is 5.24. The van der Waals surface area contributed by atoms with Crippen LogP contribution in [-0.4, -0.2) is 29.8 Å². The minimum absolute atomic E-state index is 0.0409. The van der Waals surface area contributed by atoms with E-state index in [-0.39, 0.29) is 11.8 Å². The Kier molecular flexibility index (Phi) is 2.94. The van der Waals surface area contributed by atoms with Gasteiger partial charge in [-0.1, -0.05) is 12.2 Å². The van der Waals surface area contributed by atoms with Crippen molar-refractivity contribution >= 4 is 17.5 Å². The molecule has 0 saturated carbocycles. The van der Waals surface area contributed by atoms with Crippen molar-refractivity contribution < 1.29 is 4.79 Å². The van der Waals surface area contributed by atoms with Crippen LogP contribution >= 0.6 is 11.6 Å². The summed E-state index contributed by atoms with van der Waals surface area (Å²) in [5, 5.41) is 0. The van der Waals surface area contributed by atoms with E-state index in [1.807, 2.05) is 0 Å². The fraction of sp³-hybridized carbons (Fsp3) is 0.625. The fourth-order valence-corrected chi connectivity index (χ4v) is 1.33. The molecule has 62 valence electrons. The molecule has 0 aromatic carbocycles. The highest BCUT2D eigenvalue weighted by Gasteiger charge is 2.16. The van der Waals surface area contributed by atoms with E-state index < -0.39 is 0 Å². The Labute approximate surface area is 71.8 Å². The third-order valence-corrected chi connectivity index (χ3v) is 2.17. The van der Waals surface area contributed by atoms with Crippen LogP contribution in [0.1, 0.15) is 12.8 Å². The zero-order valence-corrected chi connectivity index (χ0v) is 7.23. The Balaban J connectivity index is 2.39. The molecule has 0 unspecified atom stereocenters. The van der Waals surface area contributed by atoms with Gasteiger partial charge in [-0.25, -0.2) is 0 Å². The van der Waals surface area contributed by atoms with Crippen LogP contribution in [0, 0.1) is 0 Å². The molecule has 0 aliphatic carbocycles. The number of hydrogen-bond acceptors (Lipinski definition) is 1. The number of amides is 1. The van der Waals surface area contributed by atoms with Crippen molar-refractivity contribution in [3.63, 3.8) is 0 Å². The van der Waals surface area contributed by atoms with Crippen LogP contribution in [0.2, 0.25) is 0 Å². The Bertz CT molecular complexity index is 169. The summed E-state index contributed by atoms with van der Waals surface area (Å²) in [4.78, 5) is 12.8. The molecule has 0 N–H and O–H groups in total. The van der Waals surface area contributed by atoms with Gasteiger partial charge >= 0.3 is 0 Å². The monoisotopic (exact) mass is 173 g/mol. The second-order valence-electron chi connectivity index (χ2n) is 2.76. The molecule has 0 bridgehead atoms. The molecule has 0 radical (unpaired) electrons. The highest BCUT2D eigenvalue weighted by Crippen LogP contribution is 2.13. The molecular weight excluding hydrogens is 162 g/mol. The Morgan fingerprint density at radius 3 is 2.55 bits per heavy atom. The van der Waals surface area contributed by atoms with Gasteiger partial charge in [0.05, 0.1) is 0 Å². The SMILES string of the molecule is C=C1CCN(C(=O)CCl)CC1. The summed E-state index contributed by atoms with van der Waals surface area (Å²) < 4.78 is 0. The highest BCUT2D eigenvalue weighted by atomic mass is 35.5. The number of alkyl halides is 1. The predicted octanol–water partition coefficient (Wildman–Crippen LogP) is 1.40. The van der Waals surface area contributed by atoms with Gasteiger partial charge in [-0.15, -0.1) is 11.6 Å². The molecule has 1 amide bonds. The lowest BCUT2D eigenvalue weighted by atomic mass is 10.1. The molecule has 0 aromatic heterocycles. The second kappa shape index (κ2) is 3.77. The van der Waals surface area contributed by atoms with Gasteiger partial charge in [0, 0.05) is 13.1 Å². The standard InChI is InChI=1S/C8H12ClNO/c1-7-2-4-10(5-3-7)8(11)6-9/h1-6H2. The summed E-state index contributed by atoms with van der Waals surface area (Å²) >= 11 is 5.41. The molecule has 1 aliphatic rings. The first kappa shape index (κ1) is 8.60. The van der Waals surface area contributed by atoms with Crippen molar-refractivity contribution in [1.82, 2.24) is 4.90 Å². The van der Waals surface area contributed by atoms with Crippen molar-refractivity contribution in [2.75, 3.05) is 19.0 Å². The van der Waals surface area contributed by atoms with Gasteiger partial charge in [-0.05, 0) is 12.8 Å². The molecule has 2 nitrogen and oxygen atoms in total. The van der Waals surface area contributed by atoms with Crippen LogP contribution in [0.4, 0.5) is 0 Å². The Morgan fingerprint density at radius 2 is 2.09 bits per heavy atom. The molecule has 11 heavy (non-hydrogen) atoms. The van der Waals surface area contributed by atoms with Gasteiger partial charge in [0.15, 0.2) is 0 Å². The van der Waals surface area contributed by atoms with Crippen molar-refractivity contribution in [2.24, 2.45) is 0 Å². The zero-order valence-electron chi connectivity index (χ0n) is 6.48. The smallest absolute Gasteiger partial charge is 0.237 e. The van der Waals surface area contributed by atoms with E-state index in [2.05, 4.69) is 6.58 Å². The average molecular weight is 174 g/mol. The molecule has 3 heteroatoms. The number of halogens is 1. The minimum atomic E-state index is 0.0409. The molecule has 0 spiro atoms. The maximum atomic E-state index is 11.0. The van der Waals surface area contributed by atoms with E-state index in [1.54, 1.807) is 4.90 Å². The van der Waals surface area contributed by atoms with E-state index in [1.165, 1.54) is 5.57 Å². The maximum Gasteiger partial charge on any atom is 0.237 e. The van der Waals surface area contributed by atoms with Gasteiger partial charge in [0.25, 0.3) is 0 Å². The topological polar surface area (TPSA) is 20.3 Å². The van der Waals surface area contributed by atoms with Crippen LogP contribution in [0.3, 0.4) is 0 Å². The molecule has 0 aromatic rings. The molecule has 1 fully saturated rings. The summed E-state index contributed by atoms with van der Waals surface area (Å²) in [6, 6.07) is 0. The number of piperidine rings is 1.